The molecule has 0 saturated heterocycles. The van der Waals surface area contributed by atoms with Crippen molar-refractivity contribution in [3.8, 4) is 0 Å². The molecule has 0 aromatic heterocycles. The first-order chi connectivity index (χ1) is 8.61. The molecule has 102 valence electrons. The lowest BCUT2D eigenvalue weighted by Gasteiger charge is -2.23. The van der Waals surface area contributed by atoms with E-state index in [2.05, 4.69) is 5.32 Å². The third-order valence-corrected chi connectivity index (χ3v) is 3.40. The van der Waals surface area contributed by atoms with Crippen LogP contribution in [-0.4, -0.2) is 54.4 Å². The van der Waals surface area contributed by atoms with Gasteiger partial charge in [0.15, 0.2) is 6.10 Å². The topological polar surface area (TPSA) is 78.9 Å². The van der Waals surface area contributed by atoms with Gasteiger partial charge in [0.2, 0.25) is 0 Å². The lowest BCUT2D eigenvalue weighted by Crippen LogP contribution is -2.46. The number of carbonyl (C=O) groups is 2. The highest BCUT2D eigenvalue weighted by Gasteiger charge is 2.36. The van der Waals surface area contributed by atoms with Crippen molar-refractivity contribution >= 4 is 12.0 Å². The van der Waals surface area contributed by atoms with Crippen LogP contribution in [0.4, 0.5) is 4.79 Å². The maximum absolute atomic E-state index is 12.0. The fourth-order valence-electron chi connectivity index (χ4n) is 1.92. The standard InChI is InChI=1S/C12H20N2O4/c1-18-10(11(15)16)6-13-12(17)14(9-4-5-9)7-8-2-3-8/h8-10H,2-7H2,1H3,(H,13,17)(H,15,16). The molecule has 2 fully saturated rings. The second kappa shape index (κ2) is 5.56. The van der Waals surface area contributed by atoms with Gasteiger partial charge in [-0.15, -0.1) is 0 Å². The summed E-state index contributed by atoms with van der Waals surface area (Å²) in [6, 6.07) is 0.198. The molecule has 6 heteroatoms. The average Bonchev–Trinajstić information content (AvgIpc) is 3.18. The summed E-state index contributed by atoms with van der Waals surface area (Å²) in [7, 11) is 1.33. The summed E-state index contributed by atoms with van der Waals surface area (Å²) < 4.78 is 4.78. The molecule has 2 N–H and O–H groups in total. The third-order valence-electron chi connectivity index (χ3n) is 3.40. The van der Waals surface area contributed by atoms with Gasteiger partial charge in [0, 0.05) is 19.7 Å². The number of urea groups is 1. The molecule has 18 heavy (non-hydrogen) atoms. The molecular formula is C12H20N2O4. The van der Waals surface area contributed by atoms with Gasteiger partial charge in [0.25, 0.3) is 0 Å². The normalized spacial score (nSPS) is 20.3. The number of amides is 2. The first-order valence-electron chi connectivity index (χ1n) is 6.42. The van der Waals surface area contributed by atoms with E-state index in [1.54, 1.807) is 0 Å². The van der Waals surface area contributed by atoms with Crippen LogP contribution < -0.4 is 5.32 Å². The van der Waals surface area contributed by atoms with Crippen LogP contribution in [0.5, 0.6) is 0 Å². The fourth-order valence-corrected chi connectivity index (χ4v) is 1.92. The number of aliphatic carboxylic acids is 1. The predicted molar refractivity (Wildman–Crippen MR) is 64.3 cm³/mol. The molecular weight excluding hydrogens is 236 g/mol. The summed E-state index contributed by atoms with van der Waals surface area (Å²) in [4.78, 5) is 24.6. The minimum atomic E-state index is -1.06. The summed E-state index contributed by atoms with van der Waals surface area (Å²) in [5.41, 5.74) is 0. The van der Waals surface area contributed by atoms with E-state index in [0.29, 0.717) is 12.0 Å². The number of carbonyl (C=O) groups excluding carboxylic acids is 1. The van der Waals surface area contributed by atoms with E-state index in [4.69, 9.17) is 9.84 Å². The van der Waals surface area contributed by atoms with Crippen LogP contribution in [0.3, 0.4) is 0 Å². The Hall–Kier alpha value is -1.30. The Balaban J connectivity index is 1.78. The maximum atomic E-state index is 12.0. The Kier molecular flexibility index (Phi) is 4.06. The van der Waals surface area contributed by atoms with E-state index in [1.165, 1.54) is 20.0 Å². The Morgan fingerprint density at radius 2 is 2.06 bits per heavy atom. The van der Waals surface area contributed by atoms with Crippen molar-refractivity contribution in [3.05, 3.63) is 0 Å². The van der Waals surface area contributed by atoms with E-state index < -0.39 is 12.1 Å². The first kappa shape index (κ1) is 13.1. The van der Waals surface area contributed by atoms with Gasteiger partial charge < -0.3 is 20.1 Å². The average molecular weight is 256 g/mol. The molecule has 6 nitrogen and oxygen atoms in total. The van der Waals surface area contributed by atoms with Gasteiger partial charge in [-0.3, -0.25) is 0 Å². The van der Waals surface area contributed by atoms with Gasteiger partial charge >= 0.3 is 12.0 Å². The molecule has 0 heterocycles. The lowest BCUT2D eigenvalue weighted by atomic mass is 10.3. The number of hydrogen-bond acceptors (Lipinski definition) is 3. The zero-order chi connectivity index (χ0) is 13.1. The number of carboxylic acids is 1. The molecule has 2 rings (SSSR count). The zero-order valence-corrected chi connectivity index (χ0v) is 10.6. The second-order valence-corrected chi connectivity index (χ2v) is 5.08. The first-order valence-corrected chi connectivity index (χ1v) is 6.42. The summed E-state index contributed by atoms with van der Waals surface area (Å²) in [5.74, 6) is -0.410. The van der Waals surface area contributed by atoms with Crippen LogP contribution in [0.15, 0.2) is 0 Å². The maximum Gasteiger partial charge on any atom is 0.334 e. The van der Waals surface area contributed by atoms with E-state index >= 15 is 0 Å². The lowest BCUT2D eigenvalue weighted by molar-refractivity contribution is -0.148. The Bertz CT molecular complexity index is 326. The highest BCUT2D eigenvalue weighted by atomic mass is 16.5. The number of methoxy groups -OCH3 is 1. The molecule has 2 saturated carbocycles. The van der Waals surface area contributed by atoms with Crippen molar-refractivity contribution in [1.29, 1.82) is 0 Å². The second-order valence-electron chi connectivity index (χ2n) is 5.08. The van der Waals surface area contributed by atoms with Crippen molar-refractivity contribution in [1.82, 2.24) is 10.2 Å². The number of nitrogens with zero attached hydrogens (tertiary/aromatic N) is 1. The molecule has 1 atom stereocenters. The minimum absolute atomic E-state index is 0.0125. The number of carboxylic acid groups (broad SMARTS) is 1. The third kappa shape index (κ3) is 3.60. The molecule has 0 bridgehead atoms. The van der Waals surface area contributed by atoms with Gasteiger partial charge in [-0.25, -0.2) is 9.59 Å². The molecule has 0 aromatic carbocycles. The molecule has 2 aliphatic carbocycles. The monoisotopic (exact) mass is 256 g/mol. The van der Waals surface area contributed by atoms with Crippen LogP contribution in [0.2, 0.25) is 0 Å². The summed E-state index contributed by atoms with van der Waals surface area (Å²) in [6.45, 7) is 0.819. The Morgan fingerprint density at radius 1 is 1.39 bits per heavy atom. The number of nitrogens with one attached hydrogen (secondary N) is 1. The van der Waals surface area contributed by atoms with Crippen molar-refractivity contribution in [2.75, 3.05) is 20.2 Å². The number of ether oxygens (including phenoxy) is 1. The van der Waals surface area contributed by atoms with E-state index in [9.17, 15) is 9.59 Å². The van der Waals surface area contributed by atoms with Crippen LogP contribution in [0.1, 0.15) is 25.7 Å². The highest BCUT2D eigenvalue weighted by molar-refractivity contribution is 5.77. The smallest absolute Gasteiger partial charge is 0.334 e. The van der Waals surface area contributed by atoms with Gasteiger partial charge in [-0.05, 0) is 31.6 Å². The largest absolute Gasteiger partial charge is 0.479 e. The van der Waals surface area contributed by atoms with Crippen LogP contribution in [0.25, 0.3) is 0 Å². The summed E-state index contributed by atoms with van der Waals surface area (Å²) >= 11 is 0. The fraction of sp³-hybridized carbons (Fsp3) is 0.833. The molecule has 1 unspecified atom stereocenters. The van der Waals surface area contributed by atoms with Gasteiger partial charge in [0.05, 0.1) is 6.54 Å². The molecule has 0 spiro atoms. The SMILES string of the molecule is COC(CNC(=O)N(CC1CC1)C1CC1)C(=O)O. The summed E-state index contributed by atoms with van der Waals surface area (Å²) in [6.07, 6.45) is 3.55. The van der Waals surface area contributed by atoms with Crippen LogP contribution >= 0.6 is 0 Å². The molecule has 2 aliphatic rings. The van der Waals surface area contributed by atoms with Crippen molar-refractivity contribution in [2.24, 2.45) is 5.92 Å². The number of rotatable bonds is 7. The van der Waals surface area contributed by atoms with Gasteiger partial charge in [-0.1, -0.05) is 0 Å². The van der Waals surface area contributed by atoms with Crippen LogP contribution in [0, 0.1) is 5.92 Å². The van der Waals surface area contributed by atoms with Crippen molar-refractivity contribution in [2.45, 2.75) is 37.8 Å². The molecule has 0 aromatic rings. The predicted octanol–water partition coefficient (Wildman–Crippen LogP) is 0.670. The Labute approximate surface area is 106 Å². The summed E-state index contributed by atoms with van der Waals surface area (Å²) in [5, 5.41) is 11.5. The Morgan fingerprint density at radius 3 is 2.50 bits per heavy atom. The van der Waals surface area contributed by atoms with Gasteiger partial charge in [-0.2, -0.15) is 0 Å². The minimum Gasteiger partial charge on any atom is -0.479 e. The van der Waals surface area contributed by atoms with E-state index in [0.717, 1.165) is 19.4 Å². The number of hydrogen-bond donors (Lipinski definition) is 2. The van der Waals surface area contributed by atoms with Crippen molar-refractivity contribution in [3.63, 3.8) is 0 Å². The van der Waals surface area contributed by atoms with Crippen molar-refractivity contribution < 1.29 is 19.4 Å². The van der Waals surface area contributed by atoms with Crippen LogP contribution in [-0.2, 0) is 9.53 Å². The highest BCUT2D eigenvalue weighted by Crippen LogP contribution is 2.34. The van der Waals surface area contributed by atoms with E-state index in [-0.39, 0.29) is 12.6 Å². The quantitative estimate of drug-likeness (QED) is 0.701. The van der Waals surface area contributed by atoms with E-state index in [1.807, 2.05) is 4.90 Å². The molecule has 0 aliphatic heterocycles. The zero-order valence-electron chi connectivity index (χ0n) is 10.6. The van der Waals surface area contributed by atoms with Gasteiger partial charge in [0.1, 0.15) is 0 Å². The molecule has 2 amide bonds. The molecule has 0 radical (unpaired) electrons.